The van der Waals surface area contributed by atoms with Crippen molar-refractivity contribution in [3.8, 4) is 5.75 Å². The summed E-state index contributed by atoms with van der Waals surface area (Å²) in [7, 11) is 1.52. The number of halogens is 2. The van der Waals surface area contributed by atoms with Crippen molar-refractivity contribution >= 4 is 45.1 Å². The highest BCUT2D eigenvalue weighted by atomic mass is 79.9. The van der Waals surface area contributed by atoms with E-state index in [9.17, 15) is 0 Å². The Morgan fingerprint density at radius 3 is 2.53 bits per heavy atom. The van der Waals surface area contributed by atoms with Crippen LogP contribution in [0.5, 0.6) is 5.75 Å². The topological polar surface area (TPSA) is 112 Å². The first-order valence-electron chi connectivity index (χ1n) is 4.41. The Kier molecular flexibility index (Phi) is 4.59. The molecule has 6 N–H and O–H groups in total. The van der Waals surface area contributed by atoms with Crippen LogP contribution in [0.1, 0.15) is 0 Å². The van der Waals surface area contributed by atoms with Gasteiger partial charge >= 0.3 is 0 Å². The van der Waals surface area contributed by atoms with Crippen LogP contribution in [-0.4, -0.2) is 19.0 Å². The molecule has 0 bridgehead atoms. The molecule has 0 aliphatic rings. The first-order chi connectivity index (χ1) is 7.93. The zero-order valence-electron chi connectivity index (χ0n) is 8.95. The third-order valence-corrected chi connectivity index (χ3v) is 2.63. The fraction of sp³-hybridized carbons (Fsp3) is 0.111. The van der Waals surface area contributed by atoms with Crippen LogP contribution in [0, 0.1) is 0 Å². The van der Waals surface area contributed by atoms with E-state index in [1.165, 1.54) is 7.11 Å². The van der Waals surface area contributed by atoms with E-state index in [4.69, 9.17) is 33.5 Å². The zero-order chi connectivity index (χ0) is 13.0. The van der Waals surface area contributed by atoms with Crippen molar-refractivity contribution in [1.29, 1.82) is 0 Å². The van der Waals surface area contributed by atoms with Crippen molar-refractivity contribution in [3.05, 3.63) is 21.6 Å². The minimum Gasteiger partial charge on any atom is -0.495 e. The van der Waals surface area contributed by atoms with Gasteiger partial charge in [-0.05, 0) is 28.1 Å². The van der Waals surface area contributed by atoms with Crippen molar-refractivity contribution in [2.24, 2.45) is 27.2 Å². The normalized spacial score (nSPS) is 11.1. The van der Waals surface area contributed by atoms with Crippen LogP contribution in [0.15, 0.2) is 26.6 Å². The lowest BCUT2D eigenvalue weighted by molar-refractivity contribution is 0.415. The largest absolute Gasteiger partial charge is 0.495 e. The Morgan fingerprint density at radius 1 is 1.35 bits per heavy atom. The molecule has 0 saturated heterocycles. The van der Waals surface area contributed by atoms with E-state index in [0.29, 0.717) is 20.9 Å². The number of guanidine groups is 2. The summed E-state index contributed by atoms with van der Waals surface area (Å²) in [4.78, 5) is 7.59. The Morgan fingerprint density at radius 2 is 2.00 bits per heavy atom. The number of ether oxygens (including phenoxy) is 1. The Balaban J connectivity index is 3.16. The predicted octanol–water partition coefficient (Wildman–Crippen LogP) is 1.33. The highest BCUT2D eigenvalue weighted by Crippen LogP contribution is 2.35. The molecule has 0 atom stereocenters. The van der Waals surface area contributed by atoms with Crippen LogP contribution in [0.3, 0.4) is 0 Å². The van der Waals surface area contributed by atoms with Gasteiger partial charge in [-0.15, -0.1) is 0 Å². The van der Waals surface area contributed by atoms with Crippen molar-refractivity contribution in [2.75, 3.05) is 7.11 Å². The lowest BCUT2D eigenvalue weighted by atomic mass is 10.3. The van der Waals surface area contributed by atoms with Gasteiger partial charge < -0.3 is 21.9 Å². The van der Waals surface area contributed by atoms with E-state index in [1.54, 1.807) is 12.1 Å². The summed E-state index contributed by atoms with van der Waals surface area (Å²) in [5.41, 5.74) is 16.3. The summed E-state index contributed by atoms with van der Waals surface area (Å²) in [5, 5.41) is 0.409. The van der Waals surface area contributed by atoms with Crippen LogP contribution < -0.4 is 21.9 Å². The summed E-state index contributed by atoms with van der Waals surface area (Å²) < 4.78 is 5.70. The number of methoxy groups -OCH3 is 1. The third kappa shape index (κ3) is 3.79. The molecule has 6 nitrogen and oxygen atoms in total. The minimum absolute atomic E-state index is 0.0630. The van der Waals surface area contributed by atoms with Crippen molar-refractivity contribution in [2.45, 2.75) is 0 Å². The van der Waals surface area contributed by atoms with Crippen molar-refractivity contribution in [3.63, 3.8) is 0 Å². The Labute approximate surface area is 112 Å². The summed E-state index contributed by atoms with van der Waals surface area (Å²) in [6.07, 6.45) is 0. The molecule has 0 spiro atoms. The average Bonchev–Trinajstić information content (AvgIpc) is 2.21. The number of aliphatic imine (C=N–C) groups is 2. The van der Waals surface area contributed by atoms with Crippen LogP contribution in [0.25, 0.3) is 0 Å². The number of hydrogen-bond acceptors (Lipinski definition) is 2. The number of hydrogen-bond donors (Lipinski definition) is 3. The van der Waals surface area contributed by atoms with Crippen LogP contribution in [0.4, 0.5) is 5.69 Å². The molecule has 8 heteroatoms. The fourth-order valence-corrected chi connectivity index (χ4v) is 1.69. The molecule has 1 aromatic carbocycles. The maximum atomic E-state index is 5.95. The molecule has 92 valence electrons. The second-order valence-electron chi connectivity index (χ2n) is 2.94. The average molecular weight is 321 g/mol. The highest BCUT2D eigenvalue weighted by Gasteiger charge is 2.07. The number of rotatable bonds is 2. The standard InChI is InChI=1S/C9H11BrClN5O/c1-17-7-2-4(10)6(3-5(7)11)15-9(14)16-8(12)13/h2-3H,1H3,(H6,12,13,14,15,16). The van der Waals surface area contributed by atoms with Gasteiger partial charge in [-0.25, -0.2) is 4.99 Å². The number of nitrogens with zero attached hydrogens (tertiary/aromatic N) is 2. The number of nitrogens with two attached hydrogens (primary N) is 3. The third-order valence-electron chi connectivity index (χ3n) is 1.70. The molecular formula is C9H11BrClN5O. The highest BCUT2D eigenvalue weighted by molar-refractivity contribution is 9.10. The Hall–Kier alpha value is -1.47. The van der Waals surface area contributed by atoms with Crippen LogP contribution in [0.2, 0.25) is 5.02 Å². The molecule has 1 rings (SSSR count). The van der Waals surface area contributed by atoms with Gasteiger partial charge in [0, 0.05) is 4.47 Å². The summed E-state index contributed by atoms with van der Waals surface area (Å²) in [5.74, 6) is 0.298. The second-order valence-corrected chi connectivity index (χ2v) is 4.21. The summed E-state index contributed by atoms with van der Waals surface area (Å²) >= 11 is 9.25. The molecule has 0 heterocycles. The van der Waals surface area contributed by atoms with Crippen molar-refractivity contribution < 1.29 is 4.74 Å². The second kappa shape index (κ2) is 5.74. The van der Waals surface area contributed by atoms with Crippen molar-refractivity contribution in [1.82, 2.24) is 0 Å². The molecule has 0 amide bonds. The molecule has 0 aliphatic carbocycles. The van der Waals surface area contributed by atoms with Crippen LogP contribution >= 0.6 is 27.5 Å². The van der Waals surface area contributed by atoms with Gasteiger partial charge in [0.1, 0.15) is 5.75 Å². The molecule has 0 saturated carbocycles. The van der Waals surface area contributed by atoms with Gasteiger partial charge in [0.15, 0.2) is 5.96 Å². The van der Waals surface area contributed by atoms with E-state index in [1.807, 2.05) is 0 Å². The van der Waals surface area contributed by atoms with Gasteiger partial charge in [-0.2, -0.15) is 4.99 Å². The van der Waals surface area contributed by atoms with E-state index in [0.717, 1.165) is 0 Å². The maximum Gasteiger partial charge on any atom is 0.223 e. The smallest absolute Gasteiger partial charge is 0.223 e. The SMILES string of the molecule is COc1cc(Br)c(N=C(N)N=C(N)N)cc1Cl. The molecule has 1 aromatic rings. The summed E-state index contributed by atoms with van der Waals surface area (Å²) in [6.45, 7) is 0. The zero-order valence-corrected chi connectivity index (χ0v) is 11.3. The predicted molar refractivity (Wildman–Crippen MR) is 72.8 cm³/mol. The van der Waals surface area contributed by atoms with E-state index in [2.05, 4.69) is 25.9 Å². The first kappa shape index (κ1) is 13.6. The fourth-order valence-electron chi connectivity index (χ4n) is 1.04. The van der Waals surface area contributed by atoms with Gasteiger partial charge in [0.05, 0.1) is 17.8 Å². The molecule has 17 heavy (non-hydrogen) atoms. The molecular weight excluding hydrogens is 309 g/mol. The van der Waals surface area contributed by atoms with Gasteiger partial charge in [-0.1, -0.05) is 11.6 Å². The lowest BCUT2D eigenvalue weighted by Crippen LogP contribution is -2.26. The number of benzene rings is 1. The van der Waals surface area contributed by atoms with E-state index >= 15 is 0 Å². The van der Waals surface area contributed by atoms with Gasteiger partial charge in [-0.3, -0.25) is 0 Å². The van der Waals surface area contributed by atoms with Gasteiger partial charge in [0.2, 0.25) is 5.96 Å². The minimum atomic E-state index is -0.165. The van der Waals surface area contributed by atoms with Gasteiger partial charge in [0.25, 0.3) is 0 Å². The van der Waals surface area contributed by atoms with Crippen LogP contribution in [-0.2, 0) is 0 Å². The Bertz CT molecular complexity index is 485. The maximum absolute atomic E-state index is 5.95. The first-order valence-corrected chi connectivity index (χ1v) is 5.58. The molecule has 0 aromatic heterocycles. The summed E-state index contributed by atoms with van der Waals surface area (Å²) in [6, 6.07) is 3.25. The quantitative estimate of drug-likeness (QED) is 0.563. The molecule has 0 fully saturated rings. The monoisotopic (exact) mass is 319 g/mol. The lowest BCUT2D eigenvalue weighted by Gasteiger charge is -2.06. The molecule has 0 unspecified atom stereocenters. The molecule has 0 aliphatic heterocycles. The van der Waals surface area contributed by atoms with E-state index in [-0.39, 0.29) is 11.9 Å². The molecule has 0 radical (unpaired) electrons. The van der Waals surface area contributed by atoms with E-state index < -0.39 is 0 Å².